The molecule has 0 unspecified atom stereocenters. The molecule has 2 aromatic rings. The van der Waals surface area contributed by atoms with E-state index in [4.69, 9.17) is 11.6 Å². The Labute approximate surface area is 123 Å². The first-order valence-electron chi connectivity index (χ1n) is 6.57. The fourth-order valence-corrected chi connectivity index (χ4v) is 2.56. The molecule has 0 bridgehead atoms. The van der Waals surface area contributed by atoms with Gasteiger partial charge in [0.15, 0.2) is 0 Å². The molecule has 2 aromatic carbocycles. The van der Waals surface area contributed by atoms with Crippen molar-refractivity contribution in [2.24, 2.45) is 4.99 Å². The van der Waals surface area contributed by atoms with Gasteiger partial charge in [-0.1, -0.05) is 48.0 Å². The van der Waals surface area contributed by atoms with Gasteiger partial charge in [-0.15, -0.1) is 0 Å². The van der Waals surface area contributed by atoms with Crippen molar-refractivity contribution in [3.63, 3.8) is 0 Å². The Morgan fingerprint density at radius 3 is 2.65 bits per heavy atom. The van der Waals surface area contributed by atoms with Crippen LogP contribution in [0.25, 0.3) is 5.57 Å². The lowest BCUT2D eigenvalue weighted by molar-refractivity contribution is 1.10. The number of halogens is 1. The highest BCUT2D eigenvalue weighted by Gasteiger charge is 2.15. The summed E-state index contributed by atoms with van der Waals surface area (Å²) in [6, 6.07) is 16.3. The Balaban J connectivity index is 2.19. The maximum absolute atomic E-state index is 6.17. The average molecular weight is 283 g/mol. The molecule has 0 aromatic heterocycles. The minimum absolute atomic E-state index is 0.749. The van der Waals surface area contributed by atoms with Gasteiger partial charge in [0.1, 0.15) is 5.84 Å². The van der Waals surface area contributed by atoms with E-state index in [1.807, 2.05) is 43.6 Å². The fraction of sp³-hybridized carbons (Fsp3) is 0.118. The van der Waals surface area contributed by atoms with E-state index in [2.05, 4.69) is 28.5 Å². The minimum atomic E-state index is 0.749. The van der Waals surface area contributed by atoms with Crippen molar-refractivity contribution in [2.45, 2.75) is 6.42 Å². The van der Waals surface area contributed by atoms with Crippen LogP contribution in [0.2, 0.25) is 5.02 Å². The summed E-state index contributed by atoms with van der Waals surface area (Å²) >= 11 is 6.17. The summed E-state index contributed by atoms with van der Waals surface area (Å²) < 4.78 is 0. The first kappa shape index (κ1) is 12.9. The van der Waals surface area contributed by atoms with Crippen LogP contribution >= 0.6 is 11.6 Å². The largest absolute Gasteiger partial charge is 0.376 e. The Morgan fingerprint density at radius 2 is 1.90 bits per heavy atom. The smallest absolute Gasteiger partial charge is 0.106 e. The molecule has 20 heavy (non-hydrogen) atoms. The molecular weight excluding hydrogens is 268 g/mol. The van der Waals surface area contributed by atoms with E-state index in [1.165, 1.54) is 5.56 Å². The van der Waals surface area contributed by atoms with E-state index < -0.39 is 0 Å². The van der Waals surface area contributed by atoms with Crippen LogP contribution in [0.3, 0.4) is 0 Å². The van der Waals surface area contributed by atoms with Crippen LogP contribution in [-0.2, 0) is 6.42 Å². The zero-order valence-electron chi connectivity index (χ0n) is 11.2. The number of hydrogen-bond donors (Lipinski definition) is 1. The first-order valence-corrected chi connectivity index (χ1v) is 6.94. The van der Waals surface area contributed by atoms with Crippen LogP contribution in [0, 0.1) is 0 Å². The lowest BCUT2D eigenvalue weighted by atomic mass is 9.94. The monoisotopic (exact) mass is 282 g/mol. The molecule has 3 rings (SSSR count). The molecule has 1 aliphatic heterocycles. The van der Waals surface area contributed by atoms with Crippen LogP contribution in [0.1, 0.15) is 16.7 Å². The van der Waals surface area contributed by atoms with Gasteiger partial charge in [0.25, 0.3) is 0 Å². The third-order valence-electron chi connectivity index (χ3n) is 3.44. The number of benzene rings is 2. The SMILES string of the molecule is CNC1=NC=C(c2ccccc2)c2cc(Cl)ccc2C1. The molecule has 0 atom stereocenters. The highest BCUT2D eigenvalue weighted by molar-refractivity contribution is 6.30. The second kappa shape index (κ2) is 5.51. The molecule has 0 spiro atoms. The molecule has 3 heteroatoms. The van der Waals surface area contributed by atoms with Gasteiger partial charge in [-0.05, 0) is 28.8 Å². The number of aliphatic imine (C=N–C) groups is 1. The van der Waals surface area contributed by atoms with Crippen molar-refractivity contribution in [3.8, 4) is 0 Å². The van der Waals surface area contributed by atoms with Crippen LogP contribution in [0.5, 0.6) is 0 Å². The summed E-state index contributed by atoms with van der Waals surface area (Å²) in [4.78, 5) is 4.54. The predicted molar refractivity (Wildman–Crippen MR) is 85.2 cm³/mol. The predicted octanol–water partition coefficient (Wildman–Crippen LogP) is 3.90. The molecule has 0 saturated carbocycles. The van der Waals surface area contributed by atoms with E-state index in [1.54, 1.807) is 0 Å². The van der Waals surface area contributed by atoms with Crippen molar-refractivity contribution >= 4 is 23.0 Å². The van der Waals surface area contributed by atoms with Crippen molar-refractivity contribution in [2.75, 3.05) is 7.05 Å². The minimum Gasteiger partial charge on any atom is -0.376 e. The molecule has 2 nitrogen and oxygen atoms in total. The van der Waals surface area contributed by atoms with Crippen molar-refractivity contribution in [1.29, 1.82) is 0 Å². The number of hydrogen-bond acceptors (Lipinski definition) is 2. The highest BCUT2D eigenvalue weighted by Crippen LogP contribution is 2.30. The van der Waals surface area contributed by atoms with Gasteiger partial charge in [0, 0.05) is 30.3 Å². The van der Waals surface area contributed by atoms with E-state index in [0.29, 0.717) is 0 Å². The summed E-state index contributed by atoms with van der Waals surface area (Å²) in [5.41, 5.74) is 4.64. The second-order valence-electron chi connectivity index (χ2n) is 4.71. The number of fused-ring (bicyclic) bond motifs is 1. The molecule has 1 heterocycles. The number of nitrogens with zero attached hydrogens (tertiary/aromatic N) is 1. The zero-order valence-corrected chi connectivity index (χ0v) is 12.0. The molecule has 0 radical (unpaired) electrons. The number of rotatable bonds is 1. The first-order chi connectivity index (χ1) is 9.78. The van der Waals surface area contributed by atoms with Crippen molar-refractivity contribution in [1.82, 2.24) is 5.32 Å². The summed E-state index contributed by atoms with van der Waals surface area (Å²) in [7, 11) is 1.90. The summed E-state index contributed by atoms with van der Waals surface area (Å²) in [5.74, 6) is 0.958. The Bertz CT molecular complexity index is 687. The fourth-order valence-electron chi connectivity index (χ4n) is 2.39. The van der Waals surface area contributed by atoms with Crippen molar-refractivity contribution < 1.29 is 0 Å². The van der Waals surface area contributed by atoms with E-state index >= 15 is 0 Å². The molecule has 100 valence electrons. The Kier molecular flexibility index (Phi) is 3.57. The van der Waals surface area contributed by atoms with Crippen LogP contribution in [-0.4, -0.2) is 12.9 Å². The normalized spacial score (nSPS) is 13.9. The van der Waals surface area contributed by atoms with E-state index in [9.17, 15) is 0 Å². The molecule has 0 fully saturated rings. The van der Waals surface area contributed by atoms with Crippen LogP contribution in [0.4, 0.5) is 0 Å². The molecule has 0 aliphatic carbocycles. The highest BCUT2D eigenvalue weighted by atomic mass is 35.5. The lowest BCUT2D eigenvalue weighted by Gasteiger charge is -2.11. The van der Waals surface area contributed by atoms with Gasteiger partial charge < -0.3 is 5.32 Å². The average Bonchev–Trinajstić information content (AvgIpc) is 2.67. The van der Waals surface area contributed by atoms with Gasteiger partial charge in [-0.25, -0.2) is 4.99 Å². The van der Waals surface area contributed by atoms with Crippen LogP contribution < -0.4 is 5.32 Å². The maximum Gasteiger partial charge on any atom is 0.106 e. The quantitative estimate of drug-likeness (QED) is 0.843. The molecular formula is C17H15ClN2. The van der Waals surface area contributed by atoms with Gasteiger partial charge in [-0.3, -0.25) is 0 Å². The summed E-state index contributed by atoms with van der Waals surface area (Å²) in [6.45, 7) is 0. The molecule has 0 saturated heterocycles. The lowest BCUT2D eigenvalue weighted by Crippen LogP contribution is -2.20. The maximum atomic E-state index is 6.17. The summed E-state index contributed by atoms with van der Waals surface area (Å²) in [5, 5.41) is 3.89. The Morgan fingerprint density at radius 1 is 1.10 bits per heavy atom. The number of amidine groups is 1. The topological polar surface area (TPSA) is 24.4 Å². The molecule has 1 aliphatic rings. The number of nitrogens with one attached hydrogen (secondary N) is 1. The second-order valence-corrected chi connectivity index (χ2v) is 5.15. The van der Waals surface area contributed by atoms with Gasteiger partial charge in [-0.2, -0.15) is 0 Å². The van der Waals surface area contributed by atoms with Gasteiger partial charge in [0.05, 0.1) is 0 Å². The van der Waals surface area contributed by atoms with E-state index in [-0.39, 0.29) is 0 Å². The summed E-state index contributed by atoms with van der Waals surface area (Å²) in [6.07, 6.45) is 2.71. The van der Waals surface area contributed by atoms with E-state index in [0.717, 1.165) is 34.0 Å². The van der Waals surface area contributed by atoms with Crippen LogP contribution in [0.15, 0.2) is 59.7 Å². The molecule has 0 amide bonds. The van der Waals surface area contributed by atoms with Gasteiger partial charge in [0.2, 0.25) is 0 Å². The number of likely N-dealkylation sites (N-methyl/N-ethyl adjacent to an activating group) is 1. The third kappa shape index (κ3) is 2.47. The zero-order chi connectivity index (χ0) is 13.9. The molecule has 1 N–H and O–H groups in total. The third-order valence-corrected chi connectivity index (χ3v) is 3.68. The van der Waals surface area contributed by atoms with Crippen molar-refractivity contribution in [3.05, 3.63) is 76.4 Å². The standard InChI is InChI=1S/C17H15ClN2/c1-19-17-9-13-7-8-14(18)10-15(13)16(11-20-17)12-5-3-2-4-6-12/h2-8,10-11H,9H2,1H3,(H,19,20). The van der Waals surface area contributed by atoms with Gasteiger partial charge >= 0.3 is 0 Å². The Hall–Kier alpha value is -2.06.